The number of carbonyl (C=O) groups is 1. The van der Waals surface area contributed by atoms with Crippen molar-refractivity contribution < 1.29 is 4.79 Å². The van der Waals surface area contributed by atoms with Gasteiger partial charge < -0.3 is 15.5 Å². The van der Waals surface area contributed by atoms with Crippen molar-refractivity contribution >= 4 is 5.91 Å². The van der Waals surface area contributed by atoms with E-state index in [1.807, 2.05) is 11.8 Å². The van der Waals surface area contributed by atoms with Crippen LogP contribution in [0.2, 0.25) is 0 Å². The molecule has 2 aliphatic heterocycles. The summed E-state index contributed by atoms with van der Waals surface area (Å²) in [4.78, 5) is 16.5. The van der Waals surface area contributed by atoms with Gasteiger partial charge in [-0.3, -0.25) is 4.79 Å². The fourth-order valence-electron chi connectivity index (χ4n) is 2.97. The first-order valence-electron chi connectivity index (χ1n) is 7.00. The minimum atomic E-state index is -0.293. The lowest BCUT2D eigenvalue weighted by Gasteiger charge is -2.37. The van der Waals surface area contributed by atoms with Crippen LogP contribution >= 0.6 is 0 Å². The number of piperidine rings is 1. The smallest absolute Gasteiger partial charge is 0.239 e. The Hall–Kier alpha value is -0.610. The molecule has 2 aliphatic rings. The molecular formula is C13H25N3O. The third-order valence-electron chi connectivity index (χ3n) is 4.19. The van der Waals surface area contributed by atoms with Crippen molar-refractivity contribution in [3.63, 3.8) is 0 Å². The van der Waals surface area contributed by atoms with Gasteiger partial charge in [0, 0.05) is 19.1 Å². The van der Waals surface area contributed by atoms with E-state index in [9.17, 15) is 4.79 Å². The third-order valence-corrected chi connectivity index (χ3v) is 4.19. The second-order valence-corrected chi connectivity index (χ2v) is 5.31. The van der Waals surface area contributed by atoms with Crippen LogP contribution in [0.1, 0.15) is 39.0 Å². The molecule has 2 heterocycles. The van der Waals surface area contributed by atoms with Gasteiger partial charge in [-0.2, -0.15) is 0 Å². The van der Waals surface area contributed by atoms with Crippen molar-refractivity contribution in [2.24, 2.45) is 5.73 Å². The molecule has 2 rings (SSSR count). The largest absolute Gasteiger partial charge is 0.341 e. The Balaban J connectivity index is 1.79. The zero-order valence-electron chi connectivity index (χ0n) is 10.9. The van der Waals surface area contributed by atoms with E-state index >= 15 is 0 Å². The molecule has 17 heavy (non-hydrogen) atoms. The van der Waals surface area contributed by atoms with Crippen molar-refractivity contribution in [2.45, 2.75) is 51.1 Å². The van der Waals surface area contributed by atoms with E-state index in [4.69, 9.17) is 5.73 Å². The van der Waals surface area contributed by atoms with E-state index < -0.39 is 0 Å². The minimum absolute atomic E-state index is 0.146. The molecule has 0 saturated carbocycles. The summed E-state index contributed by atoms with van der Waals surface area (Å²) in [5.74, 6) is 0.146. The number of amides is 1. The first-order valence-corrected chi connectivity index (χ1v) is 7.00. The molecule has 2 saturated heterocycles. The SMILES string of the molecule is CC[C@@H](N)C(=O)N1CCC(N2CCCC2)CC1. The van der Waals surface area contributed by atoms with Crippen LogP contribution in [0.3, 0.4) is 0 Å². The Morgan fingerprint density at radius 2 is 1.82 bits per heavy atom. The van der Waals surface area contributed by atoms with Gasteiger partial charge in [-0.15, -0.1) is 0 Å². The standard InChI is InChI=1S/C13H25N3O/c1-2-12(14)13(17)16-9-5-11(6-10-16)15-7-3-4-8-15/h11-12H,2-10,14H2,1H3/t12-/m1/s1. The van der Waals surface area contributed by atoms with Crippen molar-refractivity contribution in [2.75, 3.05) is 26.2 Å². The Bertz CT molecular complexity index is 255. The highest BCUT2D eigenvalue weighted by molar-refractivity contribution is 5.81. The van der Waals surface area contributed by atoms with E-state index in [-0.39, 0.29) is 11.9 Å². The summed E-state index contributed by atoms with van der Waals surface area (Å²) in [6, 6.07) is 0.415. The molecule has 0 bridgehead atoms. The summed E-state index contributed by atoms with van der Waals surface area (Å²) >= 11 is 0. The molecule has 0 unspecified atom stereocenters. The van der Waals surface area contributed by atoms with Gasteiger partial charge >= 0.3 is 0 Å². The average molecular weight is 239 g/mol. The van der Waals surface area contributed by atoms with Crippen molar-refractivity contribution in [3.8, 4) is 0 Å². The van der Waals surface area contributed by atoms with Gasteiger partial charge in [-0.25, -0.2) is 0 Å². The number of nitrogens with two attached hydrogens (primary N) is 1. The lowest BCUT2D eigenvalue weighted by Crippen LogP contribution is -2.50. The lowest BCUT2D eigenvalue weighted by atomic mass is 10.0. The van der Waals surface area contributed by atoms with Gasteiger partial charge in [0.2, 0.25) is 5.91 Å². The van der Waals surface area contributed by atoms with E-state index in [0.29, 0.717) is 6.04 Å². The number of rotatable bonds is 3. The van der Waals surface area contributed by atoms with Gasteiger partial charge in [-0.1, -0.05) is 6.92 Å². The summed E-state index contributed by atoms with van der Waals surface area (Å²) in [5.41, 5.74) is 5.80. The van der Waals surface area contributed by atoms with Crippen molar-refractivity contribution in [3.05, 3.63) is 0 Å². The number of hydrogen-bond donors (Lipinski definition) is 1. The molecule has 0 aromatic heterocycles. The van der Waals surface area contributed by atoms with E-state index in [0.717, 1.165) is 32.4 Å². The second-order valence-electron chi connectivity index (χ2n) is 5.31. The molecule has 0 aromatic rings. The van der Waals surface area contributed by atoms with E-state index in [1.165, 1.54) is 25.9 Å². The zero-order chi connectivity index (χ0) is 12.3. The Morgan fingerprint density at radius 3 is 2.35 bits per heavy atom. The molecule has 0 aromatic carbocycles. The molecule has 4 heteroatoms. The Labute approximate surface area is 104 Å². The predicted octanol–water partition coefficient (Wildman–Crippen LogP) is 0.811. The molecule has 2 N–H and O–H groups in total. The zero-order valence-corrected chi connectivity index (χ0v) is 10.9. The number of hydrogen-bond acceptors (Lipinski definition) is 3. The predicted molar refractivity (Wildman–Crippen MR) is 68.7 cm³/mol. The fraction of sp³-hybridized carbons (Fsp3) is 0.923. The molecule has 1 atom stereocenters. The van der Waals surface area contributed by atoms with Crippen molar-refractivity contribution in [1.29, 1.82) is 0 Å². The summed E-state index contributed by atoms with van der Waals surface area (Å²) in [5, 5.41) is 0. The van der Waals surface area contributed by atoms with Crippen LogP contribution in [0.25, 0.3) is 0 Å². The van der Waals surface area contributed by atoms with Gasteiger partial charge in [0.1, 0.15) is 0 Å². The minimum Gasteiger partial charge on any atom is -0.341 e. The van der Waals surface area contributed by atoms with Crippen LogP contribution in [0.5, 0.6) is 0 Å². The highest BCUT2D eigenvalue weighted by Gasteiger charge is 2.29. The monoisotopic (exact) mass is 239 g/mol. The molecule has 1 amide bonds. The Morgan fingerprint density at radius 1 is 1.24 bits per heavy atom. The summed E-state index contributed by atoms with van der Waals surface area (Å²) in [7, 11) is 0. The number of nitrogens with zero attached hydrogens (tertiary/aromatic N) is 2. The van der Waals surface area contributed by atoms with Crippen LogP contribution in [0.4, 0.5) is 0 Å². The normalized spacial score (nSPS) is 25.2. The topological polar surface area (TPSA) is 49.6 Å². The van der Waals surface area contributed by atoms with Gasteiger partial charge in [0.05, 0.1) is 6.04 Å². The maximum atomic E-state index is 11.9. The number of carbonyl (C=O) groups excluding carboxylic acids is 1. The van der Waals surface area contributed by atoms with E-state index in [1.54, 1.807) is 0 Å². The first-order chi connectivity index (χ1) is 8.22. The van der Waals surface area contributed by atoms with Crippen LogP contribution in [-0.2, 0) is 4.79 Å². The maximum absolute atomic E-state index is 11.9. The first kappa shape index (κ1) is 12.8. The quantitative estimate of drug-likeness (QED) is 0.793. The number of likely N-dealkylation sites (tertiary alicyclic amines) is 2. The molecule has 4 nitrogen and oxygen atoms in total. The van der Waals surface area contributed by atoms with Gasteiger partial charge in [0.15, 0.2) is 0 Å². The van der Waals surface area contributed by atoms with Gasteiger partial charge in [0.25, 0.3) is 0 Å². The highest BCUT2D eigenvalue weighted by atomic mass is 16.2. The van der Waals surface area contributed by atoms with Gasteiger partial charge in [-0.05, 0) is 45.2 Å². The third kappa shape index (κ3) is 2.99. The summed E-state index contributed by atoms with van der Waals surface area (Å²) < 4.78 is 0. The fourth-order valence-corrected chi connectivity index (χ4v) is 2.97. The van der Waals surface area contributed by atoms with E-state index in [2.05, 4.69) is 4.90 Å². The van der Waals surface area contributed by atoms with Crippen LogP contribution in [0, 0.1) is 0 Å². The Kier molecular flexibility index (Phi) is 4.40. The maximum Gasteiger partial charge on any atom is 0.239 e. The second kappa shape index (κ2) is 5.83. The average Bonchev–Trinajstić information content (AvgIpc) is 2.91. The van der Waals surface area contributed by atoms with Crippen LogP contribution in [0.15, 0.2) is 0 Å². The van der Waals surface area contributed by atoms with Crippen LogP contribution in [-0.4, -0.2) is 54.0 Å². The summed E-state index contributed by atoms with van der Waals surface area (Å²) in [6.45, 7) is 6.28. The molecule has 0 aliphatic carbocycles. The lowest BCUT2D eigenvalue weighted by molar-refractivity contribution is -0.134. The molecule has 0 radical (unpaired) electrons. The van der Waals surface area contributed by atoms with Crippen molar-refractivity contribution in [1.82, 2.24) is 9.80 Å². The highest BCUT2D eigenvalue weighted by Crippen LogP contribution is 2.21. The molecule has 0 spiro atoms. The summed E-state index contributed by atoms with van der Waals surface area (Å²) in [6.07, 6.45) is 5.69. The molecule has 98 valence electrons. The molecular weight excluding hydrogens is 214 g/mol. The van der Waals surface area contributed by atoms with Crippen LogP contribution < -0.4 is 5.73 Å². The molecule has 2 fully saturated rings.